The molecule has 0 aromatic heterocycles. The molecule has 0 bridgehead atoms. The number of carboxylic acids is 3. The van der Waals surface area contributed by atoms with Gasteiger partial charge in [0.2, 0.25) is 0 Å². The van der Waals surface area contributed by atoms with Crippen LogP contribution in [0.5, 0.6) is 0 Å². The van der Waals surface area contributed by atoms with Gasteiger partial charge in [-0.2, -0.15) is 0 Å². The Kier molecular flexibility index (Phi) is 20.5. The van der Waals surface area contributed by atoms with Crippen molar-refractivity contribution in [1.29, 1.82) is 0 Å². The predicted molar refractivity (Wildman–Crippen MR) is 154 cm³/mol. The van der Waals surface area contributed by atoms with Crippen LogP contribution in [-0.4, -0.2) is 53.2 Å². The summed E-state index contributed by atoms with van der Waals surface area (Å²) in [7, 11) is 0. The van der Waals surface area contributed by atoms with Crippen LogP contribution >= 0.6 is 24.0 Å². The molecule has 38 heavy (non-hydrogen) atoms. The fraction of sp³-hybridized carbons (Fsp3) is 0.889. The van der Waals surface area contributed by atoms with Gasteiger partial charge in [-0.25, -0.2) is 0 Å². The second kappa shape index (κ2) is 19.9. The molecule has 3 rings (SSSR count). The number of carbonyl (C=O) groups is 3. The Morgan fingerprint density at radius 1 is 0.632 bits per heavy atom. The number of nitrogens with two attached hydrogens (primary N) is 1. The Hall–Kier alpha value is -1.02. The van der Waals surface area contributed by atoms with Gasteiger partial charge in [-0.1, -0.05) is 57.8 Å². The van der Waals surface area contributed by atoms with Crippen molar-refractivity contribution in [3.05, 3.63) is 0 Å². The zero-order valence-electron chi connectivity index (χ0n) is 23.3. The number of rotatable bonds is 9. The van der Waals surface area contributed by atoms with Crippen molar-refractivity contribution in [3.8, 4) is 0 Å². The molecule has 0 heterocycles. The van der Waals surface area contributed by atoms with Crippen molar-refractivity contribution in [2.75, 3.05) is 19.6 Å². The molecule has 0 unspecified atom stereocenters. The van der Waals surface area contributed by atoms with Gasteiger partial charge in [0, 0.05) is 16.8 Å². The first-order chi connectivity index (χ1) is 17.1. The van der Waals surface area contributed by atoms with E-state index in [4.69, 9.17) is 15.9 Å². The summed E-state index contributed by atoms with van der Waals surface area (Å²) in [6.07, 6.45) is 17.6. The third-order valence-corrected chi connectivity index (χ3v) is 8.81. The van der Waals surface area contributed by atoms with Crippen molar-refractivity contribution < 1.29 is 46.6 Å². The Bertz CT molecular complexity index is 585. The van der Waals surface area contributed by atoms with Crippen LogP contribution < -0.4 is 22.3 Å². The summed E-state index contributed by atoms with van der Waals surface area (Å²) in [5.41, 5.74) is 13.3. The average molecular weight is 661 g/mol. The van der Waals surface area contributed by atoms with E-state index in [1.165, 1.54) is 32.1 Å². The third-order valence-electron chi connectivity index (χ3n) is 8.81. The highest BCUT2D eigenvalue weighted by Gasteiger charge is 2.35. The van der Waals surface area contributed by atoms with Crippen LogP contribution in [0.15, 0.2) is 0 Å². The number of quaternary nitrogens is 2. The van der Waals surface area contributed by atoms with Gasteiger partial charge in [0.15, 0.2) is 0 Å². The van der Waals surface area contributed by atoms with Gasteiger partial charge in [-0.15, -0.1) is 24.0 Å². The molecule has 12 N–H and O–H groups in total. The number of carbonyl (C=O) groups excluding carboxylic acids is 1. The van der Waals surface area contributed by atoms with E-state index in [0.29, 0.717) is 13.0 Å². The molecule has 3 aliphatic rings. The SMILES string of the molecule is I.NCC1(CC(=O)O)CCCCC1.O.[NH3+]CC1(CC(=O)O)CCCCC1.[NH3+]CC1(CC(=O)[O-])CCCCC1. The fourth-order valence-electron chi connectivity index (χ4n) is 6.34. The first-order valence-electron chi connectivity index (χ1n) is 14.0. The molecule has 0 atom stereocenters. The second-order valence-electron chi connectivity index (χ2n) is 11.6. The molecule has 0 amide bonds. The molecule has 3 fully saturated rings. The van der Waals surface area contributed by atoms with Crippen LogP contribution in [0.2, 0.25) is 0 Å². The lowest BCUT2D eigenvalue weighted by atomic mass is 9.72. The molecule has 0 spiro atoms. The van der Waals surface area contributed by atoms with Gasteiger partial charge in [0.1, 0.15) is 0 Å². The van der Waals surface area contributed by atoms with Crippen molar-refractivity contribution in [2.24, 2.45) is 22.0 Å². The standard InChI is InChI=1S/3C9H17NO2.HI.H2O/c3*10-7-9(6-8(11)12)4-2-1-3-5-9;;/h3*1-7,10H2,(H,11,12);1H;1H2/p+1. The predicted octanol–water partition coefficient (Wildman–Crippen LogP) is 1.14. The van der Waals surface area contributed by atoms with Crippen LogP contribution in [0.1, 0.15) is 116 Å². The number of halogens is 1. The monoisotopic (exact) mass is 660 g/mol. The maximum absolute atomic E-state index is 10.6. The van der Waals surface area contributed by atoms with Crippen molar-refractivity contribution >= 4 is 41.9 Å². The minimum Gasteiger partial charge on any atom is -0.550 e. The molecule has 11 heteroatoms. The summed E-state index contributed by atoms with van der Waals surface area (Å²) in [6.45, 7) is 2.04. The molecule has 0 aliphatic heterocycles. The second-order valence-corrected chi connectivity index (χ2v) is 11.6. The van der Waals surface area contributed by atoms with E-state index in [0.717, 1.165) is 77.3 Å². The summed E-state index contributed by atoms with van der Waals surface area (Å²) in [4.78, 5) is 31.7. The molecule has 3 saturated carbocycles. The zero-order chi connectivity index (χ0) is 27.1. The van der Waals surface area contributed by atoms with E-state index >= 15 is 0 Å². The molecule has 0 saturated heterocycles. The minimum atomic E-state index is -0.916. The lowest BCUT2D eigenvalue weighted by molar-refractivity contribution is -0.397. The Morgan fingerprint density at radius 2 is 0.921 bits per heavy atom. The summed E-state index contributed by atoms with van der Waals surface area (Å²) >= 11 is 0. The molecule has 10 nitrogen and oxygen atoms in total. The Morgan fingerprint density at radius 3 is 1.18 bits per heavy atom. The van der Waals surface area contributed by atoms with E-state index in [9.17, 15) is 19.5 Å². The van der Waals surface area contributed by atoms with Crippen LogP contribution in [0.4, 0.5) is 0 Å². The summed E-state index contributed by atoms with van der Waals surface area (Å²) in [5, 5.41) is 27.9. The summed E-state index contributed by atoms with van der Waals surface area (Å²) < 4.78 is 0. The molecule has 3 aliphatic carbocycles. The normalized spacial score (nSPS) is 20.9. The molecule has 0 aromatic carbocycles. The number of hydrogen-bond donors (Lipinski definition) is 5. The quantitative estimate of drug-likeness (QED) is 0.226. The maximum atomic E-state index is 10.6. The lowest BCUT2D eigenvalue weighted by Crippen LogP contribution is -2.59. The van der Waals surface area contributed by atoms with Crippen LogP contribution in [-0.2, 0) is 14.4 Å². The minimum absolute atomic E-state index is 0. The number of hydrogen-bond acceptors (Lipinski definition) is 5. The fourth-order valence-corrected chi connectivity index (χ4v) is 6.34. The first kappa shape index (κ1) is 39.1. The van der Waals surface area contributed by atoms with E-state index in [1.807, 2.05) is 0 Å². The smallest absolute Gasteiger partial charge is 0.304 e. The largest absolute Gasteiger partial charge is 0.550 e. The van der Waals surface area contributed by atoms with Crippen molar-refractivity contribution in [3.63, 3.8) is 0 Å². The van der Waals surface area contributed by atoms with E-state index < -0.39 is 17.9 Å². The molecular weight excluding hydrogens is 605 g/mol. The Balaban J connectivity index is 0. The van der Waals surface area contributed by atoms with E-state index in [-0.39, 0.29) is 58.5 Å². The van der Waals surface area contributed by atoms with Crippen LogP contribution in [0.25, 0.3) is 0 Å². The van der Waals surface area contributed by atoms with Gasteiger partial charge in [-0.05, 0) is 56.9 Å². The van der Waals surface area contributed by atoms with Gasteiger partial charge in [-0.3, -0.25) is 9.59 Å². The third kappa shape index (κ3) is 14.4. The lowest BCUT2D eigenvalue weighted by Gasteiger charge is -2.34. The zero-order valence-corrected chi connectivity index (χ0v) is 25.6. The number of aliphatic carboxylic acids is 3. The number of carboxylic acid groups (broad SMARTS) is 3. The van der Waals surface area contributed by atoms with Crippen LogP contribution in [0.3, 0.4) is 0 Å². The van der Waals surface area contributed by atoms with Crippen LogP contribution in [0, 0.1) is 16.2 Å². The first-order valence-corrected chi connectivity index (χ1v) is 14.0. The summed E-state index contributed by atoms with van der Waals surface area (Å²) in [5.74, 6) is -2.29. The molecule has 226 valence electrons. The highest BCUT2D eigenvalue weighted by Crippen LogP contribution is 2.39. The van der Waals surface area contributed by atoms with E-state index in [1.54, 1.807) is 0 Å². The highest BCUT2D eigenvalue weighted by atomic mass is 127. The topological polar surface area (TPSA) is 228 Å². The summed E-state index contributed by atoms with van der Waals surface area (Å²) in [6, 6.07) is 0. The molecule has 0 aromatic rings. The van der Waals surface area contributed by atoms with Gasteiger partial charge in [0.05, 0.1) is 25.9 Å². The van der Waals surface area contributed by atoms with Crippen molar-refractivity contribution in [2.45, 2.75) is 116 Å². The molecular formula is C27H55IN3O7+. The average Bonchev–Trinajstić information content (AvgIpc) is 2.85. The Labute approximate surface area is 245 Å². The molecule has 0 radical (unpaired) electrons. The van der Waals surface area contributed by atoms with Gasteiger partial charge in [0.25, 0.3) is 0 Å². The van der Waals surface area contributed by atoms with Crippen molar-refractivity contribution in [1.82, 2.24) is 0 Å². The van der Waals surface area contributed by atoms with E-state index in [2.05, 4.69) is 11.5 Å². The van der Waals surface area contributed by atoms with Gasteiger partial charge < -0.3 is 42.8 Å². The maximum Gasteiger partial charge on any atom is 0.304 e. The van der Waals surface area contributed by atoms with Gasteiger partial charge >= 0.3 is 11.9 Å². The highest BCUT2D eigenvalue weighted by molar-refractivity contribution is 14.0.